The van der Waals surface area contributed by atoms with Crippen LogP contribution in [0.2, 0.25) is 0 Å². The van der Waals surface area contributed by atoms with Crippen LogP contribution in [0.25, 0.3) is 0 Å². The van der Waals surface area contributed by atoms with Gasteiger partial charge in [0.05, 0.1) is 6.61 Å². The number of amides is 1. The minimum absolute atomic E-state index is 0.220. The molecule has 0 aromatic carbocycles. The van der Waals surface area contributed by atoms with Crippen LogP contribution >= 0.6 is 0 Å². The molecule has 4 nitrogen and oxygen atoms in total. The fourth-order valence-corrected chi connectivity index (χ4v) is 2.19. The van der Waals surface area contributed by atoms with Gasteiger partial charge in [-0.05, 0) is 25.3 Å². The summed E-state index contributed by atoms with van der Waals surface area (Å²) in [6, 6.07) is 0.322. The average molecular weight is 258 g/mol. The highest BCUT2D eigenvalue weighted by molar-refractivity contribution is 5.76. The first-order valence-corrected chi connectivity index (χ1v) is 7.12. The lowest BCUT2D eigenvalue weighted by Gasteiger charge is -2.31. The van der Waals surface area contributed by atoms with Gasteiger partial charge in [0, 0.05) is 26.1 Å². The smallest absolute Gasteiger partial charge is 0.223 e. The third kappa shape index (κ3) is 5.83. The van der Waals surface area contributed by atoms with Crippen molar-refractivity contribution in [1.82, 2.24) is 4.90 Å². The number of carbonyl (C=O) groups is 1. The van der Waals surface area contributed by atoms with Gasteiger partial charge in [-0.25, -0.2) is 0 Å². The van der Waals surface area contributed by atoms with Crippen LogP contribution in [-0.2, 0) is 9.53 Å². The summed E-state index contributed by atoms with van der Waals surface area (Å²) in [7, 11) is 1.67. The lowest BCUT2D eigenvalue weighted by Crippen LogP contribution is -2.42. The zero-order chi connectivity index (χ0) is 14.0. The van der Waals surface area contributed by atoms with Crippen LogP contribution in [-0.4, -0.2) is 43.7 Å². The molecule has 0 aliphatic rings. The van der Waals surface area contributed by atoms with Gasteiger partial charge in [-0.2, -0.15) is 0 Å². The van der Waals surface area contributed by atoms with Gasteiger partial charge in [0.15, 0.2) is 0 Å². The number of rotatable bonds is 10. The minimum atomic E-state index is 0.220. The van der Waals surface area contributed by atoms with Crippen molar-refractivity contribution in [2.24, 2.45) is 11.7 Å². The largest absolute Gasteiger partial charge is 0.383 e. The second kappa shape index (κ2) is 10.3. The summed E-state index contributed by atoms with van der Waals surface area (Å²) in [6.45, 7) is 8.21. The number of carbonyl (C=O) groups excluding carboxylic acids is 1. The van der Waals surface area contributed by atoms with Gasteiger partial charge in [0.1, 0.15) is 0 Å². The zero-order valence-corrected chi connectivity index (χ0v) is 12.4. The van der Waals surface area contributed by atoms with E-state index in [4.69, 9.17) is 10.5 Å². The number of hydrogen-bond donors (Lipinski definition) is 1. The molecule has 1 atom stereocenters. The van der Waals surface area contributed by atoms with E-state index in [1.54, 1.807) is 7.11 Å². The maximum Gasteiger partial charge on any atom is 0.223 e. The van der Waals surface area contributed by atoms with Crippen molar-refractivity contribution in [1.29, 1.82) is 0 Å². The van der Waals surface area contributed by atoms with Crippen LogP contribution in [0.5, 0.6) is 0 Å². The Hall–Kier alpha value is -0.610. The summed E-state index contributed by atoms with van der Waals surface area (Å²) in [5, 5.41) is 0. The average Bonchev–Trinajstić information content (AvgIpc) is 2.40. The molecule has 0 heterocycles. The Morgan fingerprint density at radius 2 is 1.83 bits per heavy atom. The highest BCUT2D eigenvalue weighted by Gasteiger charge is 2.22. The third-order valence-electron chi connectivity index (χ3n) is 3.61. The molecule has 0 fully saturated rings. The molecule has 4 heteroatoms. The molecule has 0 bridgehead atoms. The Morgan fingerprint density at radius 1 is 1.22 bits per heavy atom. The number of ether oxygens (including phenoxy) is 1. The van der Waals surface area contributed by atoms with E-state index in [1.165, 1.54) is 0 Å². The van der Waals surface area contributed by atoms with Crippen molar-refractivity contribution >= 4 is 5.91 Å². The van der Waals surface area contributed by atoms with Crippen molar-refractivity contribution in [2.75, 3.05) is 26.8 Å². The summed E-state index contributed by atoms with van der Waals surface area (Å²) in [5.74, 6) is 0.523. The maximum absolute atomic E-state index is 12.4. The van der Waals surface area contributed by atoms with E-state index < -0.39 is 0 Å². The van der Waals surface area contributed by atoms with E-state index in [0.29, 0.717) is 38.1 Å². The zero-order valence-electron chi connectivity index (χ0n) is 12.4. The van der Waals surface area contributed by atoms with Crippen molar-refractivity contribution in [3.8, 4) is 0 Å². The first kappa shape index (κ1) is 17.4. The van der Waals surface area contributed by atoms with Crippen molar-refractivity contribution in [3.63, 3.8) is 0 Å². The van der Waals surface area contributed by atoms with Crippen LogP contribution in [0.4, 0.5) is 0 Å². The number of nitrogens with two attached hydrogens (primary N) is 1. The van der Waals surface area contributed by atoms with Gasteiger partial charge in [-0.15, -0.1) is 0 Å². The number of hydrogen-bond acceptors (Lipinski definition) is 3. The van der Waals surface area contributed by atoms with Crippen LogP contribution < -0.4 is 5.73 Å². The number of nitrogens with zero attached hydrogens (tertiary/aromatic N) is 1. The van der Waals surface area contributed by atoms with Gasteiger partial charge in [-0.1, -0.05) is 27.2 Å². The summed E-state index contributed by atoms with van der Waals surface area (Å²) in [5.41, 5.74) is 5.68. The summed E-state index contributed by atoms with van der Waals surface area (Å²) >= 11 is 0. The third-order valence-corrected chi connectivity index (χ3v) is 3.61. The predicted molar refractivity (Wildman–Crippen MR) is 75.4 cm³/mol. The fourth-order valence-electron chi connectivity index (χ4n) is 2.19. The second-order valence-corrected chi connectivity index (χ2v) is 4.76. The van der Waals surface area contributed by atoms with Crippen molar-refractivity contribution in [3.05, 3.63) is 0 Å². The summed E-state index contributed by atoms with van der Waals surface area (Å²) in [6.07, 6.45) is 3.51. The first-order valence-electron chi connectivity index (χ1n) is 7.12. The topological polar surface area (TPSA) is 55.6 Å². The van der Waals surface area contributed by atoms with E-state index in [-0.39, 0.29) is 5.91 Å². The minimum Gasteiger partial charge on any atom is -0.383 e. The summed E-state index contributed by atoms with van der Waals surface area (Å²) < 4.78 is 5.10. The molecular weight excluding hydrogens is 228 g/mol. The quantitative estimate of drug-likeness (QED) is 0.652. The molecule has 0 aromatic rings. The molecular formula is C14H30N2O2. The molecule has 0 saturated heterocycles. The van der Waals surface area contributed by atoms with Gasteiger partial charge in [0.2, 0.25) is 5.91 Å². The van der Waals surface area contributed by atoms with Crippen molar-refractivity contribution < 1.29 is 9.53 Å². The molecule has 1 amide bonds. The van der Waals surface area contributed by atoms with Crippen LogP contribution in [0, 0.1) is 5.92 Å². The molecule has 0 aliphatic carbocycles. The maximum atomic E-state index is 12.4. The Labute approximate surface area is 112 Å². The van der Waals surface area contributed by atoms with E-state index in [9.17, 15) is 4.79 Å². The Bertz CT molecular complexity index is 214. The van der Waals surface area contributed by atoms with E-state index in [1.807, 2.05) is 4.90 Å². The predicted octanol–water partition coefficient (Wildman–Crippen LogP) is 2.02. The molecule has 18 heavy (non-hydrogen) atoms. The SMILES string of the molecule is CCC(CN)CC(=O)N(CCOC)C(CC)CC. The Balaban J connectivity index is 4.56. The van der Waals surface area contributed by atoms with Crippen LogP contribution in [0.15, 0.2) is 0 Å². The molecule has 2 N–H and O–H groups in total. The van der Waals surface area contributed by atoms with Gasteiger partial charge >= 0.3 is 0 Å². The first-order chi connectivity index (χ1) is 8.64. The molecule has 0 spiro atoms. The van der Waals surface area contributed by atoms with E-state index >= 15 is 0 Å². The van der Waals surface area contributed by atoms with Gasteiger partial charge in [0.25, 0.3) is 0 Å². The monoisotopic (exact) mass is 258 g/mol. The fraction of sp³-hybridized carbons (Fsp3) is 0.929. The van der Waals surface area contributed by atoms with Crippen LogP contribution in [0.3, 0.4) is 0 Å². The number of methoxy groups -OCH3 is 1. The molecule has 0 aromatic heterocycles. The van der Waals surface area contributed by atoms with E-state index in [0.717, 1.165) is 19.3 Å². The van der Waals surface area contributed by atoms with Crippen molar-refractivity contribution in [2.45, 2.75) is 52.5 Å². The Kier molecular flexibility index (Phi) is 9.98. The molecule has 0 aliphatic heterocycles. The molecule has 0 radical (unpaired) electrons. The lowest BCUT2D eigenvalue weighted by molar-refractivity contribution is -0.135. The molecule has 0 saturated carbocycles. The molecule has 108 valence electrons. The van der Waals surface area contributed by atoms with Gasteiger partial charge in [-0.3, -0.25) is 4.79 Å². The highest BCUT2D eigenvalue weighted by Crippen LogP contribution is 2.14. The van der Waals surface area contributed by atoms with E-state index in [2.05, 4.69) is 20.8 Å². The van der Waals surface area contributed by atoms with Crippen LogP contribution in [0.1, 0.15) is 46.5 Å². The highest BCUT2D eigenvalue weighted by atomic mass is 16.5. The lowest BCUT2D eigenvalue weighted by atomic mass is 10.0. The molecule has 0 rings (SSSR count). The molecule has 1 unspecified atom stereocenters. The summed E-state index contributed by atoms with van der Waals surface area (Å²) in [4.78, 5) is 14.3. The second-order valence-electron chi connectivity index (χ2n) is 4.76. The normalized spacial score (nSPS) is 12.8. The van der Waals surface area contributed by atoms with Gasteiger partial charge < -0.3 is 15.4 Å². The standard InChI is InChI=1S/C14H30N2O2/c1-5-12(11-15)10-14(17)16(8-9-18-4)13(6-2)7-3/h12-13H,5-11,15H2,1-4H3. The Morgan fingerprint density at radius 3 is 2.22 bits per heavy atom.